The monoisotopic (exact) mass is 791 g/mol. The van der Waals surface area contributed by atoms with E-state index in [0.29, 0.717) is 39.3 Å². The summed E-state index contributed by atoms with van der Waals surface area (Å²) >= 11 is 0. The van der Waals surface area contributed by atoms with Crippen molar-refractivity contribution in [3.63, 3.8) is 0 Å². The first-order valence-electron chi connectivity index (χ1n) is 20.0. The van der Waals surface area contributed by atoms with Crippen LogP contribution in [0.2, 0.25) is 0 Å². The quantitative estimate of drug-likeness (QED) is 0.0972. The fourth-order valence-electron chi connectivity index (χ4n) is 7.75. The molecule has 8 unspecified atom stereocenters. The number of nitrogens with zero attached hydrogens (tertiary/aromatic N) is 3. The first-order valence-corrected chi connectivity index (χ1v) is 20.0. The highest BCUT2D eigenvalue weighted by atomic mass is 16.5. The summed E-state index contributed by atoms with van der Waals surface area (Å²) in [4.78, 5) is 72.7. The van der Waals surface area contributed by atoms with Gasteiger partial charge in [0, 0.05) is 47.3 Å². The topological polar surface area (TPSA) is 182 Å². The van der Waals surface area contributed by atoms with Crippen molar-refractivity contribution < 1.29 is 42.9 Å². The molecule has 1 aromatic carbocycles. The van der Waals surface area contributed by atoms with Gasteiger partial charge in [0.25, 0.3) is 0 Å². The standard InChI is InChI=1S/C41H70N6O9/c1-11-28(4)37(46(7)35(49)26-43-40(51)36(27(2)3)45(6)21-23-56-22-19-42)33(53-8)25-34(48)47-20-15-18-32(47)38(54-9)29(5)39(50)44-31(41(52)55-10)24-30-16-13-12-14-17-30/h12-14,16-17,27-29,31-33,36-38H,11,15,18-26,42H2,1-10H3,(H,43,51)(H,44,50). The minimum Gasteiger partial charge on any atom is -0.467 e. The average Bonchev–Trinajstić information content (AvgIpc) is 3.67. The Hall–Kier alpha value is -3.63. The second-order valence-electron chi connectivity index (χ2n) is 15.2. The number of benzene rings is 1. The Kier molecular flexibility index (Phi) is 21.6. The molecule has 0 radical (unpaired) electrons. The number of carbonyl (C=O) groups excluding carboxylic acids is 5. The second-order valence-corrected chi connectivity index (χ2v) is 15.2. The van der Waals surface area contributed by atoms with Crippen LogP contribution in [-0.2, 0) is 49.3 Å². The molecule has 15 nitrogen and oxygen atoms in total. The van der Waals surface area contributed by atoms with Crippen LogP contribution in [-0.4, -0.2) is 155 Å². The summed E-state index contributed by atoms with van der Waals surface area (Å²) in [6.45, 7) is 11.8. The molecule has 8 atom stereocenters. The van der Waals surface area contributed by atoms with Gasteiger partial charge < -0.3 is 45.1 Å². The predicted molar refractivity (Wildman–Crippen MR) is 214 cm³/mol. The number of methoxy groups -OCH3 is 3. The first-order chi connectivity index (χ1) is 26.7. The van der Waals surface area contributed by atoms with E-state index in [1.165, 1.54) is 21.3 Å². The summed E-state index contributed by atoms with van der Waals surface area (Å²) in [5.74, 6) is -2.42. The van der Waals surface area contributed by atoms with Crippen molar-refractivity contribution in [2.75, 3.05) is 74.8 Å². The molecule has 0 aromatic heterocycles. The fourth-order valence-corrected chi connectivity index (χ4v) is 7.75. The van der Waals surface area contributed by atoms with Crippen molar-refractivity contribution in [2.45, 2.75) is 103 Å². The summed E-state index contributed by atoms with van der Waals surface area (Å²) in [6.07, 6.45) is 1.03. The maximum Gasteiger partial charge on any atom is 0.328 e. The van der Waals surface area contributed by atoms with Crippen LogP contribution in [0, 0.1) is 17.8 Å². The van der Waals surface area contributed by atoms with Crippen molar-refractivity contribution in [1.29, 1.82) is 0 Å². The molecule has 0 spiro atoms. The van der Waals surface area contributed by atoms with E-state index >= 15 is 0 Å². The average molecular weight is 791 g/mol. The van der Waals surface area contributed by atoms with E-state index in [0.717, 1.165) is 18.4 Å². The SMILES string of the molecule is CCC(C)C(C(CC(=O)N1CCCC1C(OC)C(C)C(=O)NC(Cc1ccccc1)C(=O)OC)OC)N(C)C(=O)CNC(=O)C(C(C)C)N(C)CCOCCN. The predicted octanol–water partition coefficient (Wildman–Crippen LogP) is 1.86. The van der Waals surface area contributed by atoms with E-state index in [4.69, 9.17) is 24.7 Å². The van der Waals surface area contributed by atoms with E-state index in [2.05, 4.69) is 10.6 Å². The lowest BCUT2D eigenvalue weighted by molar-refractivity contribution is -0.148. The molecule has 1 aliphatic rings. The molecule has 1 aliphatic heterocycles. The number of hydrogen-bond donors (Lipinski definition) is 3. The molecule has 0 aliphatic carbocycles. The zero-order valence-corrected chi connectivity index (χ0v) is 35.5. The first kappa shape index (κ1) is 48.5. The van der Waals surface area contributed by atoms with E-state index in [-0.39, 0.29) is 54.9 Å². The molecule has 318 valence electrons. The Morgan fingerprint density at radius 2 is 1.64 bits per heavy atom. The number of likely N-dealkylation sites (tertiary alicyclic amines) is 1. The number of likely N-dealkylation sites (N-methyl/N-ethyl adjacent to an activating group) is 2. The van der Waals surface area contributed by atoms with Crippen LogP contribution in [0.3, 0.4) is 0 Å². The summed E-state index contributed by atoms with van der Waals surface area (Å²) < 4.78 is 22.3. The Labute approximate surface area is 334 Å². The summed E-state index contributed by atoms with van der Waals surface area (Å²) in [5.41, 5.74) is 6.38. The van der Waals surface area contributed by atoms with E-state index in [1.54, 1.807) is 23.8 Å². The van der Waals surface area contributed by atoms with Gasteiger partial charge in [-0.15, -0.1) is 0 Å². The highest BCUT2D eigenvalue weighted by Crippen LogP contribution is 2.29. The number of ether oxygens (including phenoxy) is 4. The summed E-state index contributed by atoms with van der Waals surface area (Å²) in [7, 11) is 7.88. The van der Waals surface area contributed by atoms with Crippen LogP contribution in [0.5, 0.6) is 0 Å². The number of nitrogens with one attached hydrogen (secondary N) is 2. The molecular weight excluding hydrogens is 720 g/mol. The van der Waals surface area contributed by atoms with Crippen LogP contribution in [0.15, 0.2) is 30.3 Å². The van der Waals surface area contributed by atoms with Gasteiger partial charge in [-0.2, -0.15) is 0 Å². The van der Waals surface area contributed by atoms with Crippen molar-refractivity contribution in [3.8, 4) is 0 Å². The molecule has 56 heavy (non-hydrogen) atoms. The lowest BCUT2D eigenvalue weighted by Crippen LogP contribution is -2.55. The van der Waals surface area contributed by atoms with E-state index in [1.807, 2.05) is 70.0 Å². The van der Waals surface area contributed by atoms with Crippen molar-refractivity contribution in [1.82, 2.24) is 25.3 Å². The van der Waals surface area contributed by atoms with Gasteiger partial charge >= 0.3 is 5.97 Å². The molecule has 15 heteroatoms. The summed E-state index contributed by atoms with van der Waals surface area (Å²) in [6, 6.07) is 7.14. The van der Waals surface area contributed by atoms with Gasteiger partial charge in [-0.25, -0.2) is 4.79 Å². The normalized spacial score (nSPS) is 18.1. The zero-order valence-electron chi connectivity index (χ0n) is 35.5. The van der Waals surface area contributed by atoms with Crippen molar-refractivity contribution in [2.24, 2.45) is 23.5 Å². The van der Waals surface area contributed by atoms with Crippen molar-refractivity contribution >= 4 is 29.6 Å². The Morgan fingerprint density at radius 3 is 2.21 bits per heavy atom. The maximum absolute atomic E-state index is 14.1. The molecule has 1 aromatic rings. The van der Waals surface area contributed by atoms with Gasteiger partial charge in [-0.05, 0) is 37.3 Å². The maximum atomic E-state index is 14.1. The van der Waals surface area contributed by atoms with Gasteiger partial charge in [0.1, 0.15) is 6.04 Å². The number of carbonyl (C=O) groups is 5. The highest BCUT2D eigenvalue weighted by molar-refractivity contribution is 5.88. The Bertz CT molecular complexity index is 1370. The third kappa shape index (κ3) is 14.1. The van der Waals surface area contributed by atoms with Gasteiger partial charge in [0.05, 0.1) is 69.5 Å². The van der Waals surface area contributed by atoms with Crippen LogP contribution in [0.4, 0.5) is 0 Å². The van der Waals surface area contributed by atoms with Crippen LogP contribution in [0.1, 0.15) is 65.9 Å². The van der Waals surface area contributed by atoms with E-state index < -0.39 is 48.3 Å². The van der Waals surface area contributed by atoms with Crippen molar-refractivity contribution in [3.05, 3.63) is 35.9 Å². The minimum atomic E-state index is -0.895. The van der Waals surface area contributed by atoms with Crippen LogP contribution in [0.25, 0.3) is 0 Å². The number of hydrogen-bond acceptors (Lipinski definition) is 11. The van der Waals surface area contributed by atoms with Crippen LogP contribution < -0.4 is 16.4 Å². The molecule has 1 heterocycles. The molecule has 0 bridgehead atoms. The zero-order chi connectivity index (χ0) is 41.9. The van der Waals surface area contributed by atoms with Gasteiger partial charge in [0.15, 0.2) is 0 Å². The smallest absolute Gasteiger partial charge is 0.328 e. The number of amides is 4. The molecule has 1 saturated heterocycles. The number of esters is 1. The second kappa shape index (κ2) is 24.9. The van der Waals surface area contributed by atoms with Gasteiger partial charge in [-0.1, -0.05) is 71.4 Å². The van der Waals surface area contributed by atoms with Crippen LogP contribution >= 0.6 is 0 Å². The molecule has 0 saturated carbocycles. The van der Waals surface area contributed by atoms with Gasteiger partial charge in [0.2, 0.25) is 23.6 Å². The summed E-state index contributed by atoms with van der Waals surface area (Å²) in [5, 5.41) is 5.69. The molecular formula is C41H70N6O9. The fraction of sp³-hybridized carbons (Fsp3) is 0.732. The molecule has 1 fully saturated rings. The largest absolute Gasteiger partial charge is 0.467 e. The number of nitrogens with two attached hydrogens (primary N) is 1. The molecule has 4 N–H and O–H groups in total. The third-order valence-corrected chi connectivity index (χ3v) is 11.0. The molecule has 2 rings (SSSR count). The lowest BCUT2D eigenvalue weighted by atomic mass is 9.90. The highest BCUT2D eigenvalue weighted by Gasteiger charge is 2.42. The molecule has 4 amide bonds. The third-order valence-electron chi connectivity index (χ3n) is 11.0. The Morgan fingerprint density at radius 1 is 0.964 bits per heavy atom. The lowest BCUT2D eigenvalue weighted by Gasteiger charge is -2.39. The van der Waals surface area contributed by atoms with E-state index in [9.17, 15) is 24.0 Å². The van der Waals surface area contributed by atoms with Gasteiger partial charge in [-0.3, -0.25) is 24.1 Å². The Balaban J connectivity index is 2.16. The number of rotatable bonds is 25. The minimum absolute atomic E-state index is 0.00304.